The molecule has 0 saturated heterocycles. The Kier molecular flexibility index (Phi) is 8.02. The van der Waals surface area contributed by atoms with Crippen LogP contribution in [0.5, 0.6) is 0 Å². The zero-order chi connectivity index (χ0) is 20.7. The van der Waals surface area contributed by atoms with E-state index in [1.165, 1.54) is 0 Å². The summed E-state index contributed by atoms with van der Waals surface area (Å²) in [6.07, 6.45) is -0.169. The molecule has 6 nitrogen and oxygen atoms in total. The minimum Gasteiger partial charge on any atom is -0.456 e. The van der Waals surface area contributed by atoms with Crippen LogP contribution in [0.4, 0.5) is 11.4 Å². The molecule has 28 heavy (non-hydrogen) atoms. The molecule has 0 aliphatic heterocycles. The fourth-order valence-electron chi connectivity index (χ4n) is 2.29. The van der Waals surface area contributed by atoms with Crippen LogP contribution in [-0.4, -0.2) is 24.4 Å². The lowest BCUT2D eigenvalue weighted by atomic mass is 10.1. The van der Waals surface area contributed by atoms with Gasteiger partial charge in [-0.3, -0.25) is 14.4 Å². The number of hydrogen-bond donors (Lipinski definition) is 2. The highest BCUT2D eigenvalue weighted by atomic mass is 79.9. The molecule has 0 unspecified atom stereocenters. The second-order valence-corrected chi connectivity index (χ2v) is 7.47. The van der Waals surface area contributed by atoms with E-state index in [0.29, 0.717) is 16.4 Å². The van der Waals surface area contributed by atoms with Crippen LogP contribution in [0.1, 0.15) is 24.0 Å². The summed E-state index contributed by atoms with van der Waals surface area (Å²) in [4.78, 5) is 35.6. The summed E-state index contributed by atoms with van der Waals surface area (Å²) in [5.74, 6) is -1.39. The van der Waals surface area contributed by atoms with Crippen molar-refractivity contribution in [3.63, 3.8) is 0 Å². The van der Waals surface area contributed by atoms with Crippen molar-refractivity contribution in [2.45, 2.75) is 26.7 Å². The molecule has 2 amide bonds. The van der Waals surface area contributed by atoms with Gasteiger partial charge in [0, 0.05) is 27.3 Å². The number of anilines is 2. The molecule has 8 heteroatoms. The first-order valence-electron chi connectivity index (χ1n) is 8.52. The highest BCUT2D eigenvalue weighted by Gasteiger charge is 2.12. The fourth-order valence-corrected chi connectivity index (χ4v) is 2.88. The maximum absolute atomic E-state index is 12.0. The smallest absolute Gasteiger partial charge is 0.306 e. The van der Waals surface area contributed by atoms with Crippen LogP contribution in [0.25, 0.3) is 0 Å². The van der Waals surface area contributed by atoms with E-state index in [9.17, 15) is 14.4 Å². The average molecular weight is 468 g/mol. The summed E-state index contributed by atoms with van der Waals surface area (Å²) >= 11 is 9.21. The number of benzene rings is 2. The van der Waals surface area contributed by atoms with Crippen LogP contribution in [0.15, 0.2) is 40.9 Å². The van der Waals surface area contributed by atoms with Gasteiger partial charge in [-0.15, -0.1) is 0 Å². The van der Waals surface area contributed by atoms with E-state index in [4.69, 9.17) is 16.3 Å². The van der Waals surface area contributed by atoms with Crippen LogP contribution < -0.4 is 10.6 Å². The van der Waals surface area contributed by atoms with Crippen LogP contribution >= 0.6 is 27.5 Å². The number of ether oxygens (including phenoxy) is 1. The topological polar surface area (TPSA) is 84.5 Å². The maximum Gasteiger partial charge on any atom is 0.306 e. The summed E-state index contributed by atoms with van der Waals surface area (Å²) < 4.78 is 5.88. The van der Waals surface area contributed by atoms with Crippen LogP contribution in [0, 0.1) is 13.8 Å². The Balaban J connectivity index is 1.73. The number of hydrogen-bond acceptors (Lipinski definition) is 4. The molecule has 0 aromatic heterocycles. The Morgan fingerprint density at radius 3 is 2.32 bits per heavy atom. The summed E-state index contributed by atoms with van der Waals surface area (Å²) in [5, 5.41) is 5.92. The highest BCUT2D eigenvalue weighted by molar-refractivity contribution is 9.10. The minimum atomic E-state index is -0.620. The van der Waals surface area contributed by atoms with Gasteiger partial charge in [0.15, 0.2) is 6.61 Å². The normalized spacial score (nSPS) is 10.3. The van der Waals surface area contributed by atoms with E-state index in [0.717, 1.165) is 15.6 Å². The number of carbonyl (C=O) groups excluding carboxylic acids is 3. The van der Waals surface area contributed by atoms with Crippen molar-refractivity contribution in [3.8, 4) is 0 Å². The van der Waals surface area contributed by atoms with Crippen molar-refractivity contribution < 1.29 is 19.1 Å². The molecule has 0 atom stereocenters. The van der Waals surface area contributed by atoms with Crippen molar-refractivity contribution in [2.24, 2.45) is 0 Å². The number of halogens is 2. The van der Waals surface area contributed by atoms with Crippen LogP contribution in [-0.2, 0) is 19.1 Å². The largest absolute Gasteiger partial charge is 0.456 e. The first kappa shape index (κ1) is 21.9. The molecule has 0 spiro atoms. The van der Waals surface area contributed by atoms with Gasteiger partial charge in [0.05, 0.1) is 6.42 Å². The molecule has 148 valence electrons. The van der Waals surface area contributed by atoms with Crippen molar-refractivity contribution >= 4 is 56.7 Å². The highest BCUT2D eigenvalue weighted by Crippen LogP contribution is 2.24. The molecule has 0 radical (unpaired) electrons. The SMILES string of the molecule is Cc1cc(NC(=O)COC(=O)CCC(=O)Nc2ccc(Cl)cc2)c(C)cc1Br. The molecule has 0 fully saturated rings. The number of aryl methyl sites for hydroxylation is 2. The third-order valence-electron chi connectivity index (χ3n) is 3.83. The molecule has 2 aromatic carbocycles. The summed E-state index contributed by atoms with van der Waals surface area (Å²) in [5.41, 5.74) is 3.10. The van der Waals surface area contributed by atoms with Crippen molar-refractivity contribution in [1.29, 1.82) is 0 Å². The molecule has 0 aliphatic rings. The number of esters is 1. The van der Waals surface area contributed by atoms with Gasteiger partial charge in [-0.25, -0.2) is 0 Å². The summed E-state index contributed by atoms with van der Waals surface area (Å²) in [6, 6.07) is 10.4. The zero-order valence-corrected chi connectivity index (χ0v) is 17.8. The van der Waals surface area contributed by atoms with Gasteiger partial charge in [-0.2, -0.15) is 0 Å². The molecular weight excluding hydrogens is 448 g/mol. The van der Waals surface area contributed by atoms with Gasteiger partial charge < -0.3 is 15.4 Å². The van der Waals surface area contributed by atoms with Gasteiger partial charge in [0.1, 0.15) is 0 Å². The molecular formula is C20H20BrClN2O4. The third-order valence-corrected chi connectivity index (χ3v) is 4.93. The Morgan fingerprint density at radius 1 is 0.964 bits per heavy atom. The number of amides is 2. The lowest BCUT2D eigenvalue weighted by molar-refractivity contribution is -0.147. The number of nitrogens with one attached hydrogen (secondary N) is 2. The van der Waals surface area contributed by atoms with Crippen molar-refractivity contribution in [1.82, 2.24) is 0 Å². The first-order valence-corrected chi connectivity index (χ1v) is 9.69. The van der Waals surface area contributed by atoms with E-state index in [1.807, 2.05) is 26.0 Å². The Hall–Kier alpha value is -2.38. The Morgan fingerprint density at radius 2 is 1.64 bits per heavy atom. The van der Waals surface area contributed by atoms with Crippen molar-refractivity contribution in [2.75, 3.05) is 17.2 Å². The maximum atomic E-state index is 12.0. The molecule has 2 N–H and O–H groups in total. The van der Waals surface area contributed by atoms with E-state index in [1.54, 1.807) is 24.3 Å². The molecule has 0 heterocycles. The van der Waals surface area contributed by atoms with E-state index in [2.05, 4.69) is 26.6 Å². The fraction of sp³-hybridized carbons (Fsp3) is 0.250. The van der Waals surface area contributed by atoms with Gasteiger partial charge in [-0.05, 0) is 61.4 Å². The van der Waals surface area contributed by atoms with E-state index >= 15 is 0 Å². The average Bonchev–Trinajstić information content (AvgIpc) is 2.64. The molecule has 0 saturated carbocycles. The zero-order valence-electron chi connectivity index (χ0n) is 15.5. The van der Waals surface area contributed by atoms with Gasteiger partial charge in [0.2, 0.25) is 5.91 Å². The number of carbonyl (C=O) groups is 3. The Labute approximate surface area is 176 Å². The van der Waals surface area contributed by atoms with Gasteiger partial charge in [0.25, 0.3) is 5.91 Å². The molecule has 2 aromatic rings. The van der Waals surface area contributed by atoms with Gasteiger partial charge >= 0.3 is 5.97 Å². The quantitative estimate of drug-likeness (QED) is 0.582. The predicted octanol–water partition coefficient (Wildman–Crippen LogP) is 4.62. The monoisotopic (exact) mass is 466 g/mol. The van der Waals surface area contributed by atoms with Crippen LogP contribution in [0.2, 0.25) is 5.02 Å². The molecule has 0 aliphatic carbocycles. The molecule has 2 rings (SSSR count). The lowest BCUT2D eigenvalue weighted by Crippen LogP contribution is -2.22. The lowest BCUT2D eigenvalue weighted by Gasteiger charge is -2.11. The van der Waals surface area contributed by atoms with E-state index < -0.39 is 18.5 Å². The first-order chi connectivity index (χ1) is 13.2. The Bertz CT molecular complexity index is 885. The number of rotatable bonds is 7. The van der Waals surface area contributed by atoms with Gasteiger partial charge in [-0.1, -0.05) is 27.5 Å². The predicted molar refractivity (Wildman–Crippen MR) is 113 cm³/mol. The molecule has 0 bridgehead atoms. The minimum absolute atomic E-state index is 0.0475. The van der Waals surface area contributed by atoms with E-state index in [-0.39, 0.29) is 18.7 Å². The summed E-state index contributed by atoms with van der Waals surface area (Å²) in [7, 11) is 0. The summed E-state index contributed by atoms with van der Waals surface area (Å²) in [6.45, 7) is 3.37. The second-order valence-electron chi connectivity index (χ2n) is 6.18. The van der Waals surface area contributed by atoms with Crippen LogP contribution in [0.3, 0.4) is 0 Å². The second kappa shape index (κ2) is 10.2. The van der Waals surface area contributed by atoms with Crippen molar-refractivity contribution in [3.05, 3.63) is 57.0 Å². The third kappa shape index (κ3) is 6.98. The standard InChI is InChI=1S/C20H20BrClN2O4/c1-12-10-17(13(2)9-16(12)21)24-19(26)11-28-20(27)8-7-18(25)23-15-5-3-14(22)4-6-15/h3-6,9-10H,7-8,11H2,1-2H3,(H,23,25)(H,24,26).